The molecule has 8 nitrogen and oxygen atoms in total. The largest absolute Gasteiger partial charge is 0.391 e. The Morgan fingerprint density at radius 1 is 1.68 bits per heavy atom. The normalized spacial score (nSPS) is 23.4. The molecule has 1 N–H and O–H groups in total. The molecule has 1 aliphatic heterocycles. The topological polar surface area (TPSA) is 102 Å². The van der Waals surface area contributed by atoms with Gasteiger partial charge in [-0.3, -0.25) is 19.6 Å². The number of aliphatic hydroxyl groups is 1. The van der Waals surface area contributed by atoms with Crippen molar-refractivity contribution in [3.8, 4) is 0 Å². The Balaban J connectivity index is 1.95. The number of aromatic nitrogens is 2. The van der Waals surface area contributed by atoms with Gasteiger partial charge in [-0.25, -0.2) is 0 Å². The van der Waals surface area contributed by atoms with Crippen molar-refractivity contribution < 1.29 is 14.8 Å². The minimum absolute atomic E-state index is 0.0467. The number of piperidine rings is 1. The first kappa shape index (κ1) is 13.5. The van der Waals surface area contributed by atoms with Crippen LogP contribution in [0.15, 0.2) is 12.4 Å². The van der Waals surface area contributed by atoms with Crippen LogP contribution in [-0.4, -0.2) is 49.8 Å². The van der Waals surface area contributed by atoms with Crippen molar-refractivity contribution in [2.24, 2.45) is 5.92 Å². The van der Waals surface area contributed by atoms with E-state index in [9.17, 15) is 20.0 Å². The van der Waals surface area contributed by atoms with Gasteiger partial charge in [0.25, 0.3) is 0 Å². The summed E-state index contributed by atoms with van der Waals surface area (Å²) in [4.78, 5) is 23.5. The average Bonchev–Trinajstić information content (AvgIpc) is 2.81. The zero-order chi connectivity index (χ0) is 14.0. The van der Waals surface area contributed by atoms with Crippen LogP contribution in [0.4, 0.5) is 5.69 Å². The van der Waals surface area contributed by atoms with Gasteiger partial charge < -0.3 is 10.0 Å². The van der Waals surface area contributed by atoms with Crippen molar-refractivity contribution in [2.75, 3.05) is 13.1 Å². The van der Waals surface area contributed by atoms with Gasteiger partial charge in [0.2, 0.25) is 5.91 Å². The quantitative estimate of drug-likeness (QED) is 0.615. The summed E-state index contributed by atoms with van der Waals surface area (Å²) in [7, 11) is 0. The maximum absolute atomic E-state index is 12.0. The lowest BCUT2D eigenvalue weighted by Gasteiger charge is -2.34. The van der Waals surface area contributed by atoms with Crippen LogP contribution in [0.25, 0.3) is 0 Å². The first-order valence-electron chi connectivity index (χ1n) is 6.10. The minimum atomic E-state index is -0.555. The molecule has 0 spiro atoms. The third-order valence-corrected chi connectivity index (χ3v) is 3.40. The lowest BCUT2D eigenvalue weighted by Crippen LogP contribution is -2.46. The van der Waals surface area contributed by atoms with E-state index in [0.717, 1.165) is 12.6 Å². The molecule has 1 aromatic rings. The summed E-state index contributed by atoms with van der Waals surface area (Å²) in [6.45, 7) is 2.81. The van der Waals surface area contributed by atoms with Crippen LogP contribution in [0.1, 0.15) is 13.3 Å². The first-order valence-corrected chi connectivity index (χ1v) is 6.10. The fourth-order valence-electron chi connectivity index (χ4n) is 2.05. The molecule has 2 rings (SSSR count). The van der Waals surface area contributed by atoms with E-state index in [1.165, 1.54) is 10.9 Å². The summed E-state index contributed by atoms with van der Waals surface area (Å²) in [6, 6.07) is 0. The SMILES string of the molecule is CC1CCN(C(=O)Cn2cc([N+](=O)[O-])cn2)CC1O. The molecule has 104 valence electrons. The van der Waals surface area contributed by atoms with Crippen molar-refractivity contribution in [2.45, 2.75) is 26.0 Å². The minimum Gasteiger partial charge on any atom is -0.391 e. The van der Waals surface area contributed by atoms with Crippen molar-refractivity contribution in [3.63, 3.8) is 0 Å². The highest BCUT2D eigenvalue weighted by molar-refractivity contribution is 5.76. The molecular weight excluding hydrogens is 252 g/mol. The van der Waals surface area contributed by atoms with Crippen LogP contribution < -0.4 is 0 Å². The van der Waals surface area contributed by atoms with Crippen molar-refractivity contribution in [1.82, 2.24) is 14.7 Å². The van der Waals surface area contributed by atoms with Gasteiger partial charge in [-0.05, 0) is 12.3 Å². The van der Waals surface area contributed by atoms with Crippen molar-refractivity contribution in [1.29, 1.82) is 0 Å². The van der Waals surface area contributed by atoms with E-state index in [0.29, 0.717) is 13.1 Å². The fourth-order valence-corrected chi connectivity index (χ4v) is 2.05. The Bertz CT molecular complexity index is 487. The number of nitrogens with zero attached hydrogens (tertiary/aromatic N) is 4. The van der Waals surface area contributed by atoms with E-state index in [2.05, 4.69) is 5.10 Å². The molecule has 2 heterocycles. The molecule has 0 bridgehead atoms. The maximum Gasteiger partial charge on any atom is 0.307 e. The number of nitro groups is 1. The molecule has 2 unspecified atom stereocenters. The van der Waals surface area contributed by atoms with E-state index in [4.69, 9.17) is 0 Å². The number of aliphatic hydroxyl groups excluding tert-OH is 1. The molecule has 2 atom stereocenters. The number of carbonyl (C=O) groups excluding carboxylic acids is 1. The Morgan fingerprint density at radius 2 is 2.42 bits per heavy atom. The zero-order valence-electron chi connectivity index (χ0n) is 10.6. The first-order chi connectivity index (χ1) is 8.97. The lowest BCUT2D eigenvalue weighted by atomic mass is 9.96. The monoisotopic (exact) mass is 268 g/mol. The van der Waals surface area contributed by atoms with Crippen molar-refractivity contribution in [3.05, 3.63) is 22.5 Å². The standard InChI is InChI=1S/C11H16N4O4/c1-8-2-3-13(6-10(8)16)11(17)7-14-5-9(4-12-14)15(18)19/h4-5,8,10,16H,2-3,6-7H2,1H3. The van der Waals surface area contributed by atoms with E-state index in [-0.39, 0.29) is 24.1 Å². The van der Waals surface area contributed by atoms with Gasteiger partial charge in [-0.15, -0.1) is 0 Å². The van der Waals surface area contributed by atoms with E-state index in [1.807, 2.05) is 6.92 Å². The summed E-state index contributed by atoms with van der Waals surface area (Å²) in [5.41, 5.74) is -0.139. The molecule has 19 heavy (non-hydrogen) atoms. The summed E-state index contributed by atoms with van der Waals surface area (Å²) in [6.07, 6.45) is 2.58. The molecule has 0 saturated carbocycles. The molecule has 1 amide bonds. The van der Waals surface area contributed by atoms with Gasteiger partial charge in [0.05, 0.1) is 11.0 Å². The average molecular weight is 268 g/mol. The van der Waals surface area contributed by atoms with Crippen molar-refractivity contribution >= 4 is 11.6 Å². The summed E-state index contributed by atoms with van der Waals surface area (Å²) in [5, 5.41) is 24.0. The second-order valence-electron chi connectivity index (χ2n) is 4.83. The summed E-state index contributed by atoms with van der Waals surface area (Å²) in [5.74, 6) is -0.00112. The van der Waals surface area contributed by atoms with E-state index >= 15 is 0 Å². The van der Waals surface area contributed by atoms with E-state index < -0.39 is 11.0 Å². The van der Waals surface area contributed by atoms with Crippen LogP contribution in [0.3, 0.4) is 0 Å². The molecule has 0 aliphatic carbocycles. The number of hydrogen-bond donors (Lipinski definition) is 1. The molecule has 0 radical (unpaired) electrons. The Morgan fingerprint density at radius 3 is 3.00 bits per heavy atom. The van der Waals surface area contributed by atoms with Crippen LogP contribution in [0.5, 0.6) is 0 Å². The highest BCUT2D eigenvalue weighted by atomic mass is 16.6. The number of rotatable bonds is 3. The third-order valence-electron chi connectivity index (χ3n) is 3.40. The number of hydrogen-bond acceptors (Lipinski definition) is 5. The Kier molecular flexibility index (Phi) is 3.79. The van der Waals surface area contributed by atoms with Gasteiger partial charge in [0, 0.05) is 13.1 Å². The van der Waals surface area contributed by atoms with Gasteiger partial charge in [-0.1, -0.05) is 6.92 Å². The maximum atomic E-state index is 12.0. The van der Waals surface area contributed by atoms with Crippen LogP contribution in [-0.2, 0) is 11.3 Å². The lowest BCUT2D eigenvalue weighted by molar-refractivity contribution is -0.385. The Hall–Kier alpha value is -1.96. The number of carbonyl (C=O) groups is 1. The van der Waals surface area contributed by atoms with Crippen LogP contribution in [0.2, 0.25) is 0 Å². The molecule has 1 fully saturated rings. The number of amides is 1. The second kappa shape index (κ2) is 5.35. The van der Waals surface area contributed by atoms with Crippen LogP contribution >= 0.6 is 0 Å². The molecular formula is C11H16N4O4. The second-order valence-corrected chi connectivity index (χ2v) is 4.83. The molecule has 1 aromatic heterocycles. The smallest absolute Gasteiger partial charge is 0.307 e. The Labute approximate surface area is 109 Å². The summed E-state index contributed by atoms with van der Waals surface area (Å²) < 4.78 is 1.24. The molecule has 8 heteroatoms. The van der Waals surface area contributed by atoms with E-state index in [1.54, 1.807) is 4.90 Å². The third kappa shape index (κ3) is 3.08. The number of likely N-dealkylation sites (tertiary alicyclic amines) is 1. The highest BCUT2D eigenvalue weighted by Crippen LogP contribution is 2.17. The van der Waals surface area contributed by atoms with Gasteiger partial charge >= 0.3 is 5.69 Å². The predicted molar refractivity (Wildman–Crippen MR) is 65.2 cm³/mol. The van der Waals surface area contributed by atoms with Gasteiger partial charge in [0.15, 0.2) is 0 Å². The van der Waals surface area contributed by atoms with Crippen LogP contribution in [0, 0.1) is 16.0 Å². The number of β-amino-alcohol motifs (C(OH)–C–C–N with tert-alkyl or cyclic N) is 1. The molecule has 1 aliphatic rings. The summed E-state index contributed by atoms with van der Waals surface area (Å²) >= 11 is 0. The highest BCUT2D eigenvalue weighted by Gasteiger charge is 2.27. The predicted octanol–water partition coefficient (Wildman–Crippen LogP) is 0.0206. The molecule has 1 saturated heterocycles. The fraction of sp³-hybridized carbons (Fsp3) is 0.636. The van der Waals surface area contributed by atoms with Gasteiger partial charge in [0.1, 0.15) is 18.9 Å². The molecule has 0 aromatic carbocycles. The van der Waals surface area contributed by atoms with Gasteiger partial charge in [-0.2, -0.15) is 5.10 Å². The zero-order valence-corrected chi connectivity index (χ0v) is 10.6.